The van der Waals surface area contributed by atoms with Gasteiger partial charge in [-0.1, -0.05) is 6.92 Å². The summed E-state index contributed by atoms with van der Waals surface area (Å²) < 4.78 is 7.47. The minimum absolute atomic E-state index is 0.104. The lowest BCUT2D eigenvalue weighted by atomic mass is 10.1. The fraction of sp³-hybridized carbons (Fsp3) is 0.714. The first-order chi connectivity index (χ1) is 8.81. The van der Waals surface area contributed by atoms with Gasteiger partial charge in [-0.15, -0.1) is 0 Å². The molecule has 0 aromatic carbocycles. The number of carbonyl (C=O) groups is 1. The van der Waals surface area contributed by atoms with Crippen LogP contribution in [0.1, 0.15) is 45.9 Å². The van der Waals surface area contributed by atoms with Crippen LogP contribution in [0.15, 0.2) is 6.20 Å². The van der Waals surface area contributed by atoms with E-state index in [0.717, 1.165) is 18.7 Å². The number of hydrogen-bond acceptors (Lipinski definition) is 3. The zero-order valence-corrected chi connectivity index (χ0v) is 12.4. The third kappa shape index (κ3) is 2.91. The molecule has 1 amide bonds. The van der Waals surface area contributed by atoms with Gasteiger partial charge in [0, 0.05) is 0 Å². The maximum absolute atomic E-state index is 12.2. The van der Waals surface area contributed by atoms with Gasteiger partial charge in [-0.2, -0.15) is 5.10 Å². The average Bonchev–Trinajstić information content (AvgIpc) is 2.67. The van der Waals surface area contributed by atoms with Gasteiger partial charge in [-0.05, 0) is 39.7 Å². The first-order valence-corrected chi connectivity index (χ1v) is 6.85. The molecule has 5 heteroatoms. The summed E-state index contributed by atoms with van der Waals surface area (Å²) in [4.78, 5) is 14.0. The van der Waals surface area contributed by atoms with E-state index in [4.69, 9.17) is 4.74 Å². The summed E-state index contributed by atoms with van der Waals surface area (Å²) in [5.41, 5.74) is 1.88. The summed E-state index contributed by atoms with van der Waals surface area (Å²) in [5, 5.41) is 4.38. The molecule has 0 aliphatic carbocycles. The van der Waals surface area contributed by atoms with Crippen LogP contribution in [0.5, 0.6) is 0 Å². The molecule has 0 saturated carbocycles. The van der Waals surface area contributed by atoms with E-state index in [9.17, 15) is 4.79 Å². The summed E-state index contributed by atoms with van der Waals surface area (Å²) >= 11 is 0. The highest BCUT2D eigenvalue weighted by atomic mass is 16.6. The highest BCUT2D eigenvalue weighted by Gasteiger charge is 2.31. The largest absolute Gasteiger partial charge is 0.444 e. The molecule has 0 saturated heterocycles. The van der Waals surface area contributed by atoms with Gasteiger partial charge >= 0.3 is 6.09 Å². The summed E-state index contributed by atoms with van der Waals surface area (Å²) in [6, 6.07) is 0.104. The molecule has 0 fully saturated rings. The molecule has 1 aliphatic rings. The quantitative estimate of drug-likeness (QED) is 0.784. The molecule has 0 radical (unpaired) electrons. The van der Waals surface area contributed by atoms with E-state index < -0.39 is 5.60 Å². The third-order valence-corrected chi connectivity index (χ3v) is 3.33. The lowest BCUT2D eigenvalue weighted by Gasteiger charge is -2.35. The van der Waals surface area contributed by atoms with E-state index in [1.165, 1.54) is 5.56 Å². The summed E-state index contributed by atoms with van der Waals surface area (Å²) in [6.07, 6.45) is 2.60. The number of rotatable bonds is 1. The van der Waals surface area contributed by atoms with Crippen LogP contribution in [0.2, 0.25) is 0 Å². The smallest absolute Gasteiger partial charge is 0.410 e. The Labute approximate surface area is 114 Å². The number of fused-ring (bicyclic) bond motifs is 1. The second kappa shape index (κ2) is 4.87. The molecule has 0 N–H and O–H groups in total. The Balaban J connectivity index is 2.18. The van der Waals surface area contributed by atoms with Crippen molar-refractivity contribution < 1.29 is 9.53 Å². The minimum atomic E-state index is -0.456. The Morgan fingerprint density at radius 3 is 2.79 bits per heavy atom. The highest BCUT2D eigenvalue weighted by molar-refractivity contribution is 5.68. The fourth-order valence-electron chi connectivity index (χ4n) is 2.32. The molecular weight excluding hydrogens is 242 g/mol. The molecule has 0 unspecified atom stereocenters. The van der Waals surface area contributed by atoms with Gasteiger partial charge in [0.25, 0.3) is 0 Å². The predicted molar refractivity (Wildman–Crippen MR) is 72.8 cm³/mol. The van der Waals surface area contributed by atoms with Gasteiger partial charge in [0.15, 0.2) is 0 Å². The third-order valence-electron chi connectivity index (χ3n) is 3.33. The Kier molecular flexibility index (Phi) is 3.56. The average molecular weight is 265 g/mol. The highest BCUT2D eigenvalue weighted by Crippen LogP contribution is 2.23. The number of aryl methyl sites for hydroxylation is 1. The molecular formula is C14H23N3O2. The van der Waals surface area contributed by atoms with E-state index in [0.29, 0.717) is 6.54 Å². The van der Waals surface area contributed by atoms with Crippen LogP contribution in [0.25, 0.3) is 0 Å². The van der Waals surface area contributed by atoms with Gasteiger partial charge in [0.05, 0.1) is 31.0 Å². The molecule has 1 aliphatic heterocycles. The maximum atomic E-state index is 12.2. The molecule has 19 heavy (non-hydrogen) atoms. The van der Waals surface area contributed by atoms with Gasteiger partial charge in [-0.25, -0.2) is 4.79 Å². The molecule has 1 aromatic heterocycles. The molecule has 5 nitrogen and oxygen atoms in total. The molecule has 0 spiro atoms. The van der Waals surface area contributed by atoms with E-state index in [1.807, 2.05) is 38.6 Å². The van der Waals surface area contributed by atoms with Crippen LogP contribution in [0.3, 0.4) is 0 Å². The molecule has 0 bridgehead atoms. The Hall–Kier alpha value is -1.52. The number of ether oxygens (including phenoxy) is 1. The van der Waals surface area contributed by atoms with Crippen LogP contribution in [0, 0.1) is 0 Å². The van der Waals surface area contributed by atoms with Crippen molar-refractivity contribution in [3.8, 4) is 0 Å². The van der Waals surface area contributed by atoms with Crippen molar-refractivity contribution in [2.24, 2.45) is 0 Å². The van der Waals surface area contributed by atoms with E-state index >= 15 is 0 Å². The van der Waals surface area contributed by atoms with E-state index in [2.05, 4.69) is 12.0 Å². The van der Waals surface area contributed by atoms with Gasteiger partial charge < -0.3 is 4.74 Å². The lowest BCUT2D eigenvalue weighted by molar-refractivity contribution is 0.00899. The number of hydrogen-bond donors (Lipinski definition) is 0. The monoisotopic (exact) mass is 265 g/mol. The van der Waals surface area contributed by atoms with Crippen molar-refractivity contribution in [2.45, 2.75) is 65.8 Å². The number of aromatic nitrogens is 2. The SMILES string of the molecule is CCc1cnn2c1CN(C(=O)OC(C)(C)C)[C@@H](C)C2. The van der Waals surface area contributed by atoms with E-state index in [1.54, 1.807) is 4.90 Å². The zero-order chi connectivity index (χ0) is 14.2. The van der Waals surface area contributed by atoms with Crippen molar-refractivity contribution >= 4 is 6.09 Å². The van der Waals surface area contributed by atoms with Gasteiger partial charge in [0.2, 0.25) is 0 Å². The maximum Gasteiger partial charge on any atom is 0.410 e. The Bertz CT molecular complexity index is 474. The summed E-state index contributed by atoms with van der Waals surface area (Å²) in [7, 11) is 0. The van der Waals surface area contributed by atoms with Crippen molar-refractivity contribution in [3.05, 3.63) is 17.5 Å². The molecule has 2 rings (SSSR count). The van der Waals surface area contributed by atoms with E-state index in [-0.39, 0.29) is 12.1 Å². The van der Waals surface area contributed by atoms with Crippen molar-refractivity contribution in [2.75, 3.05) is 0 Å². The Morgan fingerprint density at radius 2 is 2.21 bits per heavy atom. The predicted octanol–water partition coefficient (Wildman–Crippen LogP) is 2.58. The van der Waals surface area contributed by atoms with Crippen LogP contribution in [-0.2, 0) is 24.2 Å². The topological polar surface area (TPSA) is 47.4 Å². The minimum Gasteiger partial charge on any atom is -0.444 e. The van der Waals surface area contributed by atoms with Crippen LogP contribution >= 0.6 is 0 Å². The second-order valence-electron chi connectivity index (χ2n) is 6.11. The number of amides is 1. The van der Waals surface area contributed by atoms with Crippen LogP contribution in [-0.4, -0.2) is 32.4 Å². The van der Waals surface area contributed by atoms with Crippen molar-refractivity contribution in [1.82, 2.24) is 14.7 Å². The molecule has 2 heterocycles. The zero-order valence-electron chi connectivity index (χ0n) is 12.4. The first kappa shape index (κ1) is 13.9. The molecule has 1 aromatic rings. The molecule has 1 atom stereocenters. The lowest BCUT2D eigenvalue weighted by Crippen LogP contribution is -2.47. The van der Waals surface area contributed by atoms with Gasteiger partial charge in [0.1, 0.15) is 5.60 Å². The normalized spacial score (nSPS) is 19.2. The fourth-order valence-corrected chi connectivity index (χ4v) is 2.32. The summed E-state index contributed by atoms with van der Waals surface area (Å²) in [6.45, 7) is 11.1. The van der Waals surface area contributed by atoms with Crippen molar-refractivity contribution in [3.63, 3.8) is 0 Å². The first-order valence-electron chi connectivity index (χ1n) is 6.85. The second-order valence-corrected chi connectivity index (χ2v) is 6.11. The Morgan fingerprint density at radius 1 is 1.53 bits per heavy atom. The van der Waals surface area contributed by atoms with Crippen LogP contribution in [0.4, 0.5) is 4.79 Å². The summed E-state index contributed by atoms with van der Waals surface area (Å²) in [5.74, 6) is 0. The standard InChI is InChI=1S/C14H23N3O2/c1-6-11-7-15-17-8-10(2)16(9-12(11)17)13(18)19-14(3,4)5/h7,10H,6,8-9H2,1-5H3/t10-/m0/s1. The number of nitrogens with zero attached hydrogens (tertiary/aromatic N) is 3. The molecule has 106 valence electrons. The van der Waals surface area contributed by atoms with Crippen LogP contribution < -0.4 is 0 Å². The van der Waals surface area contributed by atoms with Crippen molar-refractivity contribution in [1.29, 1.82) is 0 Å². The van der Waals surface area contributed by atoms with Gasteiger partial charge in [-0.3, -0.25) is 9.58 Å². The number of carbonyl (C=O) groups excluding carboxylic acids is 1.